The van der Waals surface area contributed by atoms with Gasteiger partial charge in [-0.15, -0.1) is 0 Å². The number of ether oxygens (including phenoxy) is 2. The van der Waals surface area contributed by atoms with E-state index in [9.17, 15) is 4.39 Å². The fourth-order valence-electron chi connectivity index (χ4n) is 5.07. The highest BCUT2D eigenvalue weighted by Gasteiger charge is 2.54. The number of likely N-dealkylation sites (tertiary alicyclic amines) is 1. The van der Waals surface area contributed by atoms with Crippen LogP contribution in [0, 0.1) is 0 Å². The standard InChI is InChI=1S/C20H37FN2O2/c1-15(2)25-14-20-8-6-10-23(20)19(18(21)12-20)11-16(3)24-13-17-7-5-9-22(17)4/h15-19H,5-14H2,1-4H3/t16?,17-,18+,19?,20-/m0/s1. The van der Waals surface area contributed by atoms with Gasteiger partial charge in [-0.2, -0.15) is 0 Å². The summed E-state index contributed by atoms with van der Waals surface area (Å²) in [5.74, 6) is 0. The van der Waals surface area contributed by atoms with Crippen LogP contribution in [0.2, 0.25) is 0 Å². The van der Waals surface area contributed by atoms with Crippen molar-refractivity contribution < 1.29 is 13.9 Å². The quantitative estimate of drug-likeness (QED) is 0.667. The average molecular weight is 357 g/mol. The first-order valence-corrected chi connectivity index (χ1v) is 10.3. The van der Waals surface area contributed by atoms with Crippen molar-refractivity contribution >= 4 is 0 Å². The maximum atomic E-state index is 14.9. The van der Waals surface area contributed by atoms with Gasteiger partial charge < -0.3 is 14.4 Å². The molecular weight excluding hydrogens is 319 g/mol. The van der Waals surface area contributed by atoms with Crippen LogP contribution >= 0.6 is 0 Å². The smallest absolute Gasteiger partial charge is 0.118 e. The second-order valence-electron chi connectivity index (χ2n) is 8.82. The van der Waals surface area contributed by atoms with Crippen LogP contribution in [-0.4, -0.2) is 79.2 Å². The fraction of sp³-hybridized carbons (Fsp3) is 1.00. The van der Waals surface area contributed by atoms with Crippen LogP contribution in [0.5, 0.6) is 0 Å². The SMILES string of the molecule is CC(C)OC[C@@]12CCCN1C(CC(C)OC[C@@H]1CCCN1C)[C@H](F)C2. The van der Waals surface area contributed by atoms with Crippen molar-refractivity contribution in [3.8, 4) is 0 Å². The normalized spacial score (nSPS) is 37.9. The van der Waals surface area contributed by atoms with E-state index in [-0.39, 0.29) is 23.8 Å². The molecule has 3 aliphatic heterocycles. The largest absolute Gasteiger partial charge is 0.377 e. The van der Waals surface area contributed by atoms with E-state index in [4.69, 9.17) is 9.47 Å². The van der Waals surface area contributed by atoms with Crippen molar-refractivity contribution in [3.63, 3.8) is 0 Å². The molecule has 5 heteroatoms. The highest BCUT2D eigenvalue weighted by molar-refractivity contribution is 5.09. The van der Waals surface area contributed by atoms with Gasteiger partial charge >= 0.3 is 0 Å². The fourth-order valence-corrected chi connectivity index (χ4v) is 5.07. The molecular formula is C20H37FN2O2. The Kier molecular flexibility index (Phi) is 6.40. The third-order valence-electron chi connectivity index (χ3n) is 6.55. The molecule has 2 unspecified atom stereocenters. The second-order valence-corrected chi connectivity index (χ2v) is 8.82. The number of alkyl halides is 1. The Balaban J connectivity index is 1.53. The molecule has 3 fully saturated rings. The number of rotatable bonds is 8. The molecule has 0 aliphatic carbocycles. The number of halogens is 1. The van der Waals surface area contributed by atoms with E-state index in [1.54, 1.807) is 0 Å². The van der Waals surface area contributed by atoms with Crippen molar-refractivity contribution in [3.05, 3.63) is 0 Å². The van der Waals surface area contributed by atoms with Gasteiger partial charge in [-0.05, 0) is 73.0 Å². The molecule has 0 aromatic rings. The van der Waals surface area contributed by atoms with Crippen LogP contribution in [0.4, 0.5) is 4.39 Å². The molecule has 5 atom stereocenters. The van der Waals surface area contributed by atoms with Crippen molar-refractivity contribution in [2.75, 3.05) is 33.4 Å². The highest BCUT2D eigenvalue weighted by atomic mass is 19.1. The summed E-state index contributed by atoms with van der Waals surface area (Å²) in [6, 6.07) is 0.534. The molecule has 3 saturated heterocycles. The van der Waals surface area contributed by atoms with Crippen molar-refractivity contribution in [2.24, 2.45) is 0 Å². The van der Waals surface area contributed by atoms with Crippen LogP contribution in [0.25, 0.3) is 0 Å². The number of likely N-dealkylation sites (N-methyl/N-ethyl adjacent to an activating group) is 1. The van der Waals surface area contributed by atoms with Gasteiger partial charge in [-0.3, -0.25) is 4.90 Å². The minimum atomic E-state index is -0.753. The molecule has 0 radical (unpaired) electrons. The molecule has 25 heavy (non-hydrogen) atoms. The zero-order valence-electron chi connectivity index (χ0n) is 16.5. The Hall–Kier alpha value is -0.230. The predicted molar refractivity (Wildman–Crippen MR) is 98.7 cm³/mol. The summed E-state index contributed by atoms with van der Waals surface area (Å²) in [6.45, 7) is 9.86. The van der Waals surface area contributed by atoms with E-state index in [1.165, 1.54) is 19.4 Å². The molecule has 3 heterocycles. The van der Waals surface area contributed by atoms with E-state index >= 15 is 0 Å². The third-order valence-corrected chi connectivity index (χ3v) is 6.55. The molecule has 3 aliphatic rings. The van der Waals surface area contributed by atoms with Gasteiger partial charge in [0.2, 0.25) is 0 Å². The van der Waals surface area contributed by atoms with Crippen LogP contribution in [0.15, 0.2) is 0 Å². The van der Waals surface area contributed by atoms with Crippen LogP contribution in [-0.2, 0) is 9.47 Å². The van der Waals surface area contributed by atoms with Crippen molar-refractivity contribution in [2.45, 2.75) is 95.3 Å². The minimum absolute atomic E-state index is 0.00503. The first-order chi connectivity index (χ1) is 11.9. The van der Waals surface area contributed by atoms with Crippen molar-refractivity contribution in [1.82, 2.24) is 9.80 Å². The van der Waals surface area contributed by atoms with Gasteiger partial charge in [-0.25, -0.2) is 4.39 Å². The summed E-state index contributed by atoms with van der Waals surface area (Å²) >= 11 is 0. The van der Waals surface area contributed by atoms with Gasteiger partial charge in [-0.1, -0.05) is 0 Å². The second kappa shape index (κ2) is 8.20. The molecule has 0 amide bonds. The zero-order chi connectivity index (χ0) is 18.0. The Morgan fingerprint density at radius 1 is 1.16 bits per heavy atom. The van der Waals surface area contributed by atoms with E-state index in [0.29, 0.717) is 19.1 Å². The van der Waals surface area contributed by atoms with Crippen LogP contribution in [0.3, 0.4) is 0 Å². The van der Waals surface area contributed by atoms with E-state index < -0.39 is 6.17 Å². The summed E-state index contributed by atoms with van der Waals surface area (Å²) < 4.78 is 26.9. The lowest BCUT2D eigenvalue weighted by Gasteiger charge is -2.36. The summed E-state index contributed by atoms with van der Waals surface area (Å²) in [7, 11) is 2.17. The maximum Gasteiger partial charge on any atom is 0.118 e. The lowest BCUT2D eigenvalue weighted by molar-refractivity contribution is -0.0198. The average Bonchev–Trinajstić information content (AvgIpc) is 3.20. The lowest BCUT2D eigenvalue weighted by atomic mass is 9.94. The van der Waals surface area contributed by atoms with Gasteiger partial charge in [0.25, 0.3) is 0 Å². The van der Waals surface area contributed by atoms with Gasteiger partial charge in [0, 0.05) is 24.0 Å². The van der Waals surface area contributed by atoms with Crippen molar-refractivity contribution in [1.29, 1.82) is 0 Å². The molecule has 0 spiro atoms. The Morgan fingerprint density at radius 3 is 2.64 bits per heavy atom. The monoisotopic (exact) mass is 356 g/mol. The molecule has 4 nitrogen and oxygen atoms in total. The lowest BCUT2D eigenvalue weighted by Crippen LogP contribution is -2.47. The highest BCUT2D eigenvalue weighted by Crippen LogP contribution is 2.45. The zero-order valence-corrected chi connectivity index (χ0v) is 16.5. The Bertz CT molecular complexity index is 436. The predicted octanol–water partition coefficient (Wildman–Crippen LogP) is 3.25. The Labute approximate surface area is 153 Å². The topological polar surface area (TPSA) is 24.9 Å². The maximum absolute atomic E-state index is 14.9. The molecule has 146 valence electrons. The number of hydrogen-bond acceptors (Lipinski definition) is 4. The summed E-state index contributed by atoms with van der Waals surface area (Å²) in [4.78, 5) is 4.80. The first-order valence-electron chi connectivity index (χ1n) is 10.3. The van der Waals surface area contributed by atoms with Crippen LogP contribution in [0.1, 0.15) is 59.3 Å². The van der Waals surface area contributed by atoms with Crippen LogP contribution < -0.4 is 0 Å². The Morgan fingerprint density at radius 2 is 1.96 bits per heavy atom. The molecule has 0 saturated carbocycles. The number of nitrogens with zero attached hydrogens (tertiary/aromatic N) is 2. The summed E-state index contributed by atoms with van der Waals surface area (Å²) in [6.07, 6.45) is 5.70. The first kappa shape index (κ1) is 19.5. The molecule has 0 N–H and O–H groups in total. The summed E-state index contributed by atoms with van der Waals surface area (Å²) in [5, 5.41) is 0. The minimum Gasteiger partial charge on any atom is -0.377 e. The molecule has 0 aromatic carbocycles. The summed E-state index contributed by atoms with van der Waals surface area (Å²) in [5.41, 5.74) is -0.0697. The van der Waals surface area contributed by atoms with E-state index in [0.717, 1.165) is 32.4 Å². The van der Waals surface area contributed by atoms with E-state index in [2.05, 4.69) is 37.6 Å². The molecule has 0 bridgehead atoms. The van der Waals surface area contributed by atoms with E-state index in [1.807, 2.05) is 0 Å². The van der Waals surface area contributed by atoms with Gasteiger partial charge in [0.05, 0.1) is 25.4 Å². The van der Waals surface area contributed by atoms with Gasteiger partial charge in [0.15, 0.2) is 0 Å². The third kappa shape index (κ3) is 4.37. The number of hydrogen-bond donors (Lipinski definition) is 0. The van der Waals surface area contributed by atoms with Gasteiger partial charge in [0.1, 0.15) is 6.17 Å². The number of fused-ring (bicyclic) bond motifs is 1. The molecule has 3 rings (SSSR count). The molecule has 0 aromatic heterocycles.